The van der Waals surface area contributed by atoms with Gasteiger partial charge in [-0.2, -0.15) is 0 Å². The lowest BCUT2D eigenvalue weighted by molar-refractivity contribution is 0.430. The first kappa shape index (κ1) is 15.2. The van der Waals surface area contributed by atoms with E-state index in [-0.39, 0.29) is 17.1 Å². The van der Waals surface area contributed by atoms with Crippen molar-refractivity contribution in [2.45, 2.75) is 19.9 Å². The summed E-state index contributed by atoms with van der Waals surface area (Å²) in [7, 11) is 0. The van der Waals surface area contributed by atoms with Gasteiger partial charge in [-0.25, -0.2) is 4.39 Å². The van der Waals surface area contributed by atoms with Gasteiger partial charge < -0.3 is 15.1 Å². The van der Waals surface area contributed by atoms with E-state index < -0.39 is 5.82 Å². The maximum Gasteiger partial charge on any atom is 0.320 e. The minimum Gasteiger partial charge on any atom is -0.406 e. The molecule has 8 heteroatoms. The Labute approximate surface area is 129 Å². The second kappa shape index (κ2) is 6.51. The van der Waals surface area contributed by atoms with Crippen molar-refractivity contribution in [1.82, 2.24) is 15.5 Å². The van der Waals surface area contributed by atoms with Crippen LogP contribution in [0.3, 0.4) is 0 Å². The predicted molar refractivity (Wildman–Crippen MR) is 78.8 cm³/mol. The van der Waals surface area contributed by atoms with E-state index in [4.69, 9.17) is 16.0 Å². The average Bonchev–Trinajstić information content (AvgIpc) is 2.82. The van der Waals surface area contributed by atoms with Crippen molar-refractivity contribution in [3.8, 4) is 0 Å². The molecule has 2 aromatic rings. The molecule has 5 nitrogen and oxygen atoms in total. The van der Waals surface area contributed by atoms with Gasteiger partial charge in [-0.3, -0.25) is 0 Å². The molecule has 0 fully saturated rings. The number of anilines is 2. The van der Waals surface area contributed by atoms with E-state index in [0.29, 0.717) is 16.1 Å². The second-order valence-electron chi connectivity index (χ2n) is 4.09. The van der Waals surface area contributed by atoms with Crippen molar-refractivity contribution in [3.05, 3.63) is 33.3 Å². The predicted octanol–water partition coefficient (Wildman–Crippen LogP) is 4.04. The van der Waals surface area contributed by atoms with Gasteiger partial charge in [0.1, 0.15) is 5.82 Å². The Bertz CT molecular complexity index is 584. The third-order valence-electron chi connectivity index (χ3n) is 2.56. The molecule has 0 amide bonds. The van der Waals surface area contributed by atoms with Gasteiger partial charge in [-0.05, 0) is 41.5 Å². The fourth-order valence-electron chi connectivity index (χ4n) is 1.62. The average molecular weight is 364 g/mol. The van der Waals surface area contributed by atoms with Crippen LogP contribution in [0.2, 0.25) is 5.02 Å². The lowest BCUT2D eigenvalue weighted by atomic mass is 10.3. The van der Waals surface area contributed by atoms with Crippen molar-refractivity contribution in [3.63, 3.8) is 0 Å². The fraction of sp³-hybridized carbons (Fsp3) is 0.333. The van der Waals surface area contributed by atoms with Gasteiger partial charge in [0.15, 0.2) is 0 Å². The van der Waals surface area contributed by atoms with Crippen LogP contribution in [-0.4, -0.2) is 16.7 Å². The molecule has 108 valence electrons. The zero-order valence-electron chi connectivity index (χ0n) is 10.9. The molecule has 0 aliphatic rings. The summed E-state index contributed by atoms with van der Waals surface area (Å²) < 4.78 is 19.1. The van der Waals surface area contributed by atoms with Crippen molar-refractivity contribution >= 4 is 39.2 Å². The van der Waals surface area contributed by atoms with Gasteiger partial charge in [0.2, 0.25) is 5.89 Å². The molecule has 0 aliphatic heterocycles. The minimum absolute atomic E-state index is 0.0461. The summed E-state index contributed by atoms with van der Waals surface area (Å²) in [5.41, 5.74) is 0.472. The number of benzene rings is 1. The molecule has 20 heavy (non-hydrogen) atoms. The number of nitrogens with zero attached hydrogens (tertiary/aromatic N) is 2. The molecule has 1 heterocycles. The number of hydrogen-bond acceptors (Lipinski definition) is 5. The highest BCUT2D eigenvalue weighted by atomic mass is 79.9. The Balaban J connectivity index is 2.19. The molecule has 1 unspecified atom stereocenters. The van der Waals surface area contributed by atoms with Crippen LogP contribution >= 0.6 is 27.5 Å². The van der Waals surface area contributed by atoms with E-state index in [2.05, 4.69) is 36.8 Å². The highest BCUT2D eigenvalue weighted by Crippen LogP contribution is 2.33. The first-order valence-electron chi connectivity index (χ1n) is 5.99. The van der Waals surface area contributed by atoms with Crippen molar-refractivity contribution < 1.29 is 8.81 Å². The van der Waals surface area contributed by atoms with Crippen molar-refractivity contribution in [2.24, 2.45) is 0 Å². The number of halogens is 3. The van der Waals surface area contributed by atoms with Crippen molar-refractivity contribution in [1.29, 1.82) is 0 Å². The van der Waals surface area contributed by atoms with Gasteiger partial charge in [0.25, 0.3) is 0 Å². The first-order chi connectivity index (χ1) is 9.51. The van der Waals surface area contributed by atoms with Crippen LogP contribution in [-0.2, 0) is 0 Å². The van der Waals surface area contributed by atoms with E-state index in [1.807, 2.05) is 13.8 Å². The standard InChI is InChI=1S/C12H13BrClFN4O/c1-3-16-6(2)11-18-19-12(20-11)17-10-8(13)4-7(15)5-9(10)14/h4-6,16H,3H2,1-2H3,(H,17,19). The quantitative estimate of drug-likeness (QED) is 0.839. The van der Waals surface area contributed by atoms with Gasteiger partial charge in [-0.15, -0.1) is 5.10 Å². The van der Waals surface area contributed by atoms with Crippen LogP contribution in [0.25, 0.3) is 0 Å². The number of rotatable bonds is 5. The Hall–Kier alpha value is -1.18. The lowest BCUT2D eigenvalue weighted by Crippen LogP contribution is -2.17. The number of hydrogen-bond donors (Lipinski definition) is 2. The molecule has 2 rings (SSSR count). The molecule has 0 radical (unpaired) electrons. The normalized spacial score (nSPS) is 12.4. The molecule has 1 aromatic carbocycles. The number of aromatic nitrogens is 2. The largest absolute Gasteiger partial charge is 0.406 e. The summed E-state index contributed by atoms with van der Waals surface area (Å²) in [4.78, 5) is 0. The monoisotopic (exact) mass is 362 g/mol. The molecule has 0 spiro atoms. The van der Waals surface area contributed by atoms with Crippen LogP contribution in [0, 0.1) is 5.82 Å². The smallest absolute Gasteiger partial charge is 0.320 e. The molecular weight excluding hydrogens is 351 g/mol. The topological polar surface area (TPSA) is 63.0 Å². The van der Waals surface area contributed by atoms with Crippen LogP contribution in [0.15, 0.2) is 21.0 Å². The summed E-state index contributed by atoms with van der Waals surface area (Å²) >= 11 is 9.20. The number of nitrogens with one attached hydrogen (secondary N) is 2. The van der Waals surface area contributed by atoms with Gasteiger partial charge in [0, 0.05) is 4.47 Å². The van der Waals surface area contributed by atoms with Crippen LogP contribution < -0.4 is 10.6 Å². The summed E-state index contributed by atoms with van der Waals surface area (Å²) in [5, 5.41) is 14.1. The molecule has 0 bridgehead atoms. The molecule has 0 saturated carbocycles. The van der Waals surface area contributed by atoms with E-state index in [0.717, 1.165) is 6.54 Å². The SMILES string of the molecule is CCNC(C)c1nnc(Nc2c(Cl)cc(F)cc2Br)o1. The highest BCUT2D eigenvalue weighted by molar-refractivity contribution is 9.10. The summed E-state index contributed by atoms with van der Waals surface area (Å²) in [5.74, 6) is 0.0307. The molecular formula is C12H13BrClFN4O. The first-order valence-corrected chi connectivity index (χ1v) is 7.16. The zero-order chi connectivity index (χ0) is 14.7. The van der Waals surface area contributed by atoms with E-state index in [9.17, 15) is 4.39 Å². The second-order valence-corrected chi connectivity index (χ2v) is 5.36. The Morgan fingerprint density at radius 1 is 1.45 bits per heavy atom. The summed E-state index contributed by atoms with van der Waals surface area (Å²) in [6, 6.07) is 2.65. The lowest BCUT2D eigenvalue weighted by Gasteiger charge is -2.08. The van der Waals surface area contributed by atoms with Gasteiger partial charge in [-0.1, -0.05) is 23.6 Å². The maximum atomic E-state index is 13.1. The maximum absolute atomic E-state index is 13.1. The Morgan fingerprint density at radius 2 is 2.20 bits per heavy atom. The third-order valence-corrected chi connectivity index (χ3v) is 3.48. The zero-order valence-corrected chi connectivity index (χ0v) is 13.2. The van der Waals surface area contributed by atoms with Crippen LogP contribution in [0.5, 0.6) is 0 Å². The van der Waals surface area contributed by atoms with Crippen LogP contribution in [0.1, 0.15) is 25.8 Å². The minimum atomic E-state index is -0.431. The molecule has 0 aliphatic carbocycles. The van der Waals surface area contributed by atoms with Crippen LogP contribution in [0.4, 0.5) is 16.1 Å². The Morgan fingerprint density at radius 3 is 2.85 bits per heavy atom. The summed E-state index contributed by atoms with van der Waals surface area (Å²) in [6.07, 6.45) is 0. The fourth-order valence-corrected chi connectivity index (χ4v) is 2.52. The summed E-state index contributed by atoms with van der Waals surface area (Å²) in [6.45, 7) is 4.70. The Kier molecular flexibility index (Phi) is 4.95. The van der Waals surface area contributed by atoms with Gasteiger partial charge in [0.05, 0.1) is 16.8 Å². The third kappa shape index (κ3) is 3.47. The van der Waals surface area contributed by atoms with Crippen molar-refractivity contribution in [2.75, 3.05) is 11.9 Å². The van der Waals surface area contributed by atoms with E-state index in [1.54, 1.807) is 0 Å². The highest BCUT2D eigenvalue weighted by Gasteiger charge is 2.15. The van der Waals surface area contributed by atoms with E-state index in [1.165, 1.54) is 12.1 Å². The molecule has 0 saturated heterocycles. The molecule has 2 N–H and O–H groups in total. The molecule has 1 aromatic heterocycles. The van der Waals surface area contributed by atoms with E-state index >= 15 is 0 Å². The van der Waals surface area contributed by atoms with Gasteiger partial charge >= 0.3 is 6.01 Å². The molecule has 1 atom stereocenters.